The van der Waals surface area contributed by atoms with Crippen LogP contribution in [0.15, 0.2) is 24.7 Å². The highest BCUT2D eigenvalue weighted by Crippen LogP contribution is 2.20. The Hall–Kier alpha value is -3.24. The second-order valence-corrected chi connectivity index (χ2v) is 7.07. The lowest BCUT2D eigenvalue weighted by Crippen LogP contribution is -2.31. The molecule has 0 bridgehead atoms. The van der Waals surface area contributed by atoms with E-state index in [9.17, 15) is 18.0 Å². The van der Waals surface area contributed by atoms with Gasteiger partial charge in [-0.05, 0) is 26.8 Å². The Morgan fingerprint density at radius 3 is 2.73 bits per heavy atom. The van der Waals surface area contributed by atoms with E-state index in [2.05, 4.69) is 30.1 Å². The van der Waals surface area contributed by atoms with Crippen LogP contribution in [-0.4, -0.2) is 49.5 Å². The van der Waals surface area contributed by atoms with Crippen molar-refractivity contribution in [1.82, 2.24) is 30.0 Å². The molecule has 0 fully saturated rings. The van der Waals surface area contributed by atoms with Crippen LogP contribution in [0.4, 0.5) is 13.2 Å². The molecule has 0 aliphatic heterocycles. The van der Waals surface area contributed by atoms with E-state index in [1.165, 1.54) is 13.1 Å². The molecule has 0 aromatic carbocycles. The maximum atomic E-state index is 12.3. The smallest absolute Gasteiger partial charge is 0.422 e. The van der Waals surface area contributed by atoms with Gasteiger partial charge in [0.2, 0.25) is 11.8 Å². The number of pyridine rings is 1. The lowest BCUT2D eigenvalue weighted by Gasteiger charge is -2.10. The number of carbonyl (C=O) groups excluding carboxylic acids is 1. The Kier molecular flexibility index (Phi) is 6.18. The zero-order valence-electron chi connectivity index (χ0n) is 16.7. The third kappa shape index (κ3) is 5.65. The van der Waals surface area contributed by atoms with Gasteiger partial charge in [-0.1, -0.05) is 0 Å². The molecule has 3 aromatic heterocycles. The van der Waals surface area contributed by atoms with E-state index >= 15 is 0 Å². The first-order chi connectivity index (χ1) is 14.1. The molecule has 0 aliphatic carbocycles. The van der Waals surface area contributed by atoms with Gasteiger partial charge < -0.3 is 10.1 Å². The SMILES string of the molecule is Cc1nc(Cn2cc3c(CC(=O)NC(C)C)nccc3n2)cnc1OCC(F)(F)F. The lowest BCUT2D eigenvalue weighted by atomic mass is 10.2. The highest BCUT2D eigenvalue weighted by Gasteiger charge is 2.29. The van der Waals surface area contributed by atoms with Gasteiger partial charge in [-0.25, -0.2) is 9.97 Å². The van der Waals surface area contributed by atoms with E-state index in [1.807, 2.05) is 13.8 Å². The van der Waals surface area contributed by atoms with Crippen LogP contribution in [0, 0.1) is 6.92 Å². The van der Waals surface area contributed by atoms with Crippen molar-refractivity contribution in [3.63, 3.8) is 0 Å². The summed E-state index contributed by atoms with van der Waals surface area (Å²) >= 11 is 0. The van der Waals surface area contributed by atoms with Gasteiger partial charge in [0.05, 0.1) is 41.8 Å². The molecule has 0 aliphatic rings. The van der Waals surface area contributed by atoms with Crippen LogP contribution in [0.5, 0.6) is 5.88 Å². The van der Waals surface area contributed by atoms with E-state index in [1.54, 1.807) is 23.1 Å². The van der Waals surface area contributed by atoms with Crippen molar-refractivity contribution in [2.75, 3.05) is 6.61 Å². The summed E-state index contributed by atoms with van der Waals surface area (Å²) in [6.45, 7) is 4.11. The monoisotopic (exact) mass is 422 g/mol. The number of carbonyl (C=O) groups is 1. The van der Waals surface area contributed by atoms with Gasteiger partial charge in [-0.2, -0.15) is 18.3 Å². The van der Waals surface area contributed by atoms with Crippen molar-refractivity contribution in [1.29, 1.82) is 0 Å². The van der Waals surface area contributed by atoms with Crippen LogP contribution in [0.3, 0.4) is 0 Å². The third-order valence-electron chi connectivity index (χ3n) is 3.99. The minimum absolute atomic E-state index is 0.0318. The summed E-state index contributed by atoms with van der Waals surface area (Å²) < 4.78 is 43.2. The van der Waals surface area contributed by atoms with Crippen LogP contribution in [0.1, 0.15) is 30.9 Å². The van der Waals surface area contributed by atoms with E-state index in [4.69, 9.17) is 0 Å². The molecule has 3 aromatic rings. The van der Waals surface area contributed by atoms with Gasteiger partial charge in [0.15, 0.2) is 6.61 Å². The van der Waals surface area contributed by atoms with Crippen LogP contribution in [0.2, 0.25) is 0 Å². The Morgan fingerprint density at radius 2 is 2.07 bits per heavy atom. The largest absolute Gasteiger partial charge is 0.467 e. The molecule has 0 saturated heterocycles. The fourth-order valence-corrected chi connectivity index (χ4v) is 2.85. The molecule has 0 unspecified atom stereocenters. The number of nitrogens with zero attached hydrogens (tertiary/aromatic N) is 5. The molecule has 3 heterocycles. The molecule has 0 saturated carbocycles. The predicted octanol–water partition coefficient (Wildman–Crippen LogP) is 2.59. The Balaban J connectivity index is 1.75. The van der Waals surface area contributed by atoms with Crippen molar-refractivity contribution in [2.24, 2.45) is 0 Å². The quantitative estimate of drug-likeness (QED) is 0.629. The second-order valence-electron chi connectivity index (χ2n) is 7.07. The summed E-state index contributed by atoms with van der Waals surface area (Å²) in [7, 11) is 0. The zero-order valence-corrected chi connectivity index (χ0v) is 16.7. The van der Waals surface area contributed by atoms with E-state index in [-0.39, 0.29) is 36.5 Å². The van der Waals surface area contributed by atoms with Crippen LogP contribution >= 0.6 is 0 Å². The number of rotatable bonds is 7. The van der Waals surface area contributed by atoms with Gasteiger partial charge in [-0.15, -0.1) is 0 Å². The highest BCUT2D eigenvalue weighted by atomic mass is 19.4. The average Bonchev–Trinajstić information content (AvgIpc) is 3.03. The Bertz CT molecular complexity index is 1050. The van der Waals surface area contributed by atoms with E-state index in [0.717, 1.165) is 5.39 Å². The summed E-state index contributed by atoms with van der Waals surface area (Å²) in [5.74, 6) is -0.293. The Labute approximate surface area is 170 Å². The maximum absolute atomic E-state index is 12.3. The first kappa shape index (κ1) is 21.5. The number of halogens is 3. The Morgan fingerprint density at radius 1 is 1.30 bits per heavy atom. The summed E-state index contributed by atoms with van der Waals surface area (Å²) in [6.07, 6.45) is 0.380. The van der Waals surface area contributed by atoms with Gasteiger partial charge in [0.1, 0.15) is 0 Å². The number of aromatic nitrogens is 5. The predicted molar refractivity (Wildman–Crippen MR) is 102 cm³/mol. The van der Waals surface area contributed by atoms with E-state index < -0.39 is 12.8 Å². The van der Waals surface area contributed by atoms with Gasteiger partial charge in [-0.3, -0.25) is 14.5 Å². The van der Waals surface area contributed by atoms with Gasteiger partial charge in [0.25, 0.3) is 0 Å². The normalized spacial score (nSPS) is 11.8. The third-order valence-corrected chi connectivity index (χ3v) is 3.99. The lowest BCUT2D eigenvalue weighted by molar-refractivity contribution is -0.154. The number of aryl methyl sites for hydroxylation is 1. The standard InChI is InChI=1S/C19H21F3N6O2/c1-11(2)25-17(29)6-16-14-9-28(27-15(14)4-5-23-16)8-13-7-24-18(12(3)26-13)30-10-19(20,21)22/h4-5,7,9,11H,6,8,10H2,1-3H3,(H,25,29). The molecule has 30 heavy (non-hydrogen) atoms. The molecule has 1 amide bonds. The first-order valence-corrected chi connectivity index (χ1v) is 9.23. The summed E-state index contributed by atoms with van der Waals surface area (Å²) in [5.41, 5.74) is 2.04. The minimum atomic E-state index is -4.44. The number of alkyl halides is 3. The van der Waals surface area contributed by atoms with Crippen molar-refractivity contribution in [3.8, 4) is 5.88 Å². The van der Waals surface area contributed by atoms with Crippen LogP contribution in [0.25, 0.3) is 10.9 Å². The molecule has 0 spiro atoms. The molecule has 8 nitrogen and oxygen atoms in total. The number of ether oxygens (including phenoxy) is 1. The molecular formula is C19H21F3N6O2. The summed E-state index contributed by atoms with van der Waals surface area (Å²) in [6, 6.07) is 1.77. The highest BCUT2D eigenvalue weighted by molar-refractivity contribution is 5.86. The number of hydrogen-bond acceptors (Lipinski definition) is 6. The summed E-state index contributed by atoms with van der Waals surface area (Å²) in [5, 5.41) is 8.02. The molecule has 11 heteroatoms. The minimum Gasteiger partial charge on any atom is -0.467 e. The van der Waals surface area contributed by atoms with Crippen molar-refractivity contribution < 1.29 is 22.7 Å². The van der Waals surface area contributed by atoms with Gasteiger partial charge >= 0.3 is 6.18 Å². The topological polar surface area (TPSA) is 94.8 Å². The second kappa shape index (κ2) is 8.64. The average molecular weight is 422 g/mol. The van der Waals surface area contributed by atoms with Crippen LogP contribution in [-0.2, 0) is 17.8 Å². The number of nitrogens with one attached hydrogen (secondary N) is 1. The van der Waals surface area contributed by atoms with Crippen molar-refractivity contribution in [3.05, 3.63) is 41.7 Å². The molecule has 1 N–H and O–H groups in total. The zero-order chi connectivity index (χ0) is 21.9. The molecule has 3 rings (SSSR count). The van der Waals surface area contributed by atoms with Crippen LogP contribution < -0.4 is 10.1 Å². The number of hydrogen-bond donors (Lipinski definition) is 1. The molecular weight excluding hydrogens is 401 g/mol. The molecule has 0 atom stereocenters. The first-order valence-electron chi connectivity index (χ1n) is 9.23. The molecule has 0 radical (unpaired) electrons. The molecule has 160 valence electrons. The van der Waals surface area contributed by atoms with Crippen molar-refractivity contribution in [2.45, 2.75) is 46.0 Å². The number of fused-ring (bicyclic) bond motifs is 1. The maximum Gasteiger partial charge on any atom is 0.422 e. The van der Waals surface area contributed by atoms with Gasteiger partial charge in [0, 0.05) is 23.8 Å². The fraction of sp³-hybridized carbons (Fsp3) is 0.421. The van der Waals surface area contributed by atoms with E-state index in [0.29, 0.717) is 16.9 Å². The fourth-order valence-electron chi connectivity index (χ4n) is 2.85. The summed E-state index contributed by atoms with van der Waals surface area (Å²) in [4.78, 5) is 24.5. The number of amides is 1. The van der Waals surface area contributed by atoms with Crippen molar-refractivity contribution >= 4 is 16.8 Å².